The van der Waals surface area contributed by atoms with E-state index in [0.29, 0.717) is 34.6 Å². The van der Waals surface area contributed by atoms with Crippen LogP contribution < -0.4 is 5.56 Å². The maximum absolute atomic E-state index is 13.1. The molecule has 0 unspecified atom stereocenters. The molecule has 8 heteroatoms. The third-order valence-corrected chi connectivity index (χ3v) is 7.17. The average Bonchev–Trinajstić information content (AvgIpc) is 3.53. The summed E-state index contributed by atoms with van der Waals surface area (Å²) < 4.78 is 7.21. The van der Waals surface area contributed by atoms with Crippen molar-refractivity contribution in [1.29, 1.82) is 0 Å². The van der Waals surface area contributed by atoms with Crippen LogP contribution in [-0.2, 0) is 19.4 Å². The summed E-state index contributed by atoms with van der Waals surface area (Å²) in [5, 5.41) is 4.73. The standard InChI is InChI=1S/C24H24N4O3S/c1-15-20-22(25-19-11-7-13-28(19)23(20)29)32-21(15)24(30)27(2)12-6-10-17-14-18(26-31-17)16-8-4-3-5-9-16/h3-5,8-9,14H,6-7,10-13H2,1-2H3. The molecule has 0 fully saturated rings. The minimum atomic E-state index is -0.0717. The largest absolute Gasteiger partial charge is 0.361 e. The molecule has 1 aliphatic heterocycles. The fraction of sp³-hybridized carbons (Fsp3) is 0.333. The van der Waals surface area contributed by atoms with Gasteiger partial charge in [-0.1, -0.05) is 35.5 Å². The Labute approximate surface area is 189 Å². The van der Waals surface area contributed by atoms with Gasteiger partial charge in [-0.05, 0) is 25.3 Å². The Morgan fingerprint density at radius 1 is 1.28 bits per heavy atom. The van der Waals surface area contributed by atoms with Crippen molar-refractivity contribution < 1.29 is 9.32 Å². The Kier molecular flexibility index (Phi) is 5.38. The molecular weight excluding hydrogens is 424 g/mol. The molecule has 4 heterocycles. The van der Waals surface area contributed by atoms with Crippen LogP contribution in [0.1, 0.15) is 39.7 Å². The van der Waals surface area contributed by atoms with Crippen LogP contribution >= 0.6 is 11.3 Å². The molecule has 0 spiro atoms. The molecule has 0 atom stereocenters. The van der Waals surface area contributed by atoms with Crippen LogP contribution in [0.3, 0.4) is 0 Å². The maximum Gasteiger partial charge on any atom is 0.264 e. The molecule has 0 aliphatic carbocycles. The van der Waals surface area contributed by atoms with E-state index in [9.17, 15) is 9.59 Å². The maximum atomic E-state index is 13.1. The average molecular weight is 449 g/mol. The quantitative estimate of drug-likeness (QED) is 0.444. The first-order chi connectivity index (χ1) is 15.5. The van der Waals surface area contributed by atoms with Crippen LogP contribution in [0.25, 0.3) is 21.5 Å². The molecule has 3 aromatic heterocycles. The van der Waals surface area contributed by atoms with E-state index < -0.39 is 0 Å². The number of rotatable bonds is 6. The van der Waals surface area contributed by atoms with E-state index in [2.05, 4.69) is 10.1 Å². The first-order valence-corrected chi connectivity index (χ1v) is 11.6. The van der Waals surface area contributed by atoms with Crippen molar-refractivity contribution >= 4 is 27.5 Å². The number of amides is 1. The fourth-order valence-electron chi connectivity index (χ4n) is 4.22. The predicted octanol–water partition coefficient (Wildman–Crippen LogP) is 4.07. The second-order valence-corrected chi connectivity index (χ2v) is 9.20. The SMILES string of the molecule is Cc1c(C(=O)N(C)CCCc2cc(-c3ccccc3)no2)sc2nc3n(c(=O)c12)CCC3. The Balaban J connectivity index is 1.26. The second kappa shape index (κ2) is 8.35. The smallest absolute Gasteiger partial charge is 0.264 e. The van der Waals surface area contributed by atoms with Crippen LogP contribution in [0.5, 0.6) is 0 Å². The number of hydrogen-bond acceptors (Lipinski definition) is 6. The van der Waals surface area contributed by atoms with Crippen LogP contribution in [-0.4, -0.2) is 39.1 Å². The molecule has 7 nitrogen and oxygen atoms in total. The van der Waals surface area contributed by atoms with Crippen molar-refractivity contribution in [2.45, 2.75) is 39.2 Å². The Bertz CT molecular complexity index is 1350. The van der Waals surface area contributed by atoms with Gasteiger partial charge in [-0.3, -0.25) is 14.2 Å². The molecule has 32 heavy (non-hydrogen) atoms. The van der Waals surface area contributed by atoms with Gasteiger partial charge in [0.2, 0.25) is 0 Å². The molecule has 0 saturated heterocycles. The summed E-state index contributed by atoms with van der Waals surface area (Å²) in [4.78, 5) is 33.6. The number of benzene rings is 1. The monoisotopic (exact) mass is 448 g/mol. The zero-order valence-corrected chi connectivity index (χ0v) is 18.9. The molecule has 1 amide bonds. The van der Waals surface area contributed by atoms with Crippen LogP contribution in [0.2, 0.25) is 0 Å². The highest BCUT2D eigenvalue weighted by Gasteiger charge is 2.24. The van der Waals surface area contributed by atoms with Crippen molar-refractivity contribution in [3.8, 4) is 11.3 Å². The van der Waals surface area contributed by atoms with Gasteiger partial charge in [0, 0.05) is 44.6 Å². The second-order valence-electron chi connectivity index (χ2n) is 8.20. The normalized spacial score (nSPS) is 12.9. The Morgan fingerprint density at radius 2 is 2.09 bits per heavy atom. The molecule has 0 N–H and O–H groups in total. The molecule has 164 valence electrons. The zero-order chi connectivity index (χ0) is 22.2. The summed E-state index contributed by atoms with van der Waals surface area (Å²) in [6.45, 7) is 3.14. The molecule has 4 aromatic rings. The molecule has 1 aromatic carbocycles. The summed E-state index contributed by atoms with van der Waals surface area (Å²) in [6.07, 6.45) is 3.22. The van der Waals surface area contributed by atoms with E-state index in [4.69, 9.17) is 4.52 Å². The number of carbonyl (C=O) groups is 1. The lowest BCUT2D eigenvalue weighted by Gasteiger charge is -2.16. The van der Waals surface area contributed by atoms with Crippen molar-refractivity contribution in [3.05, 3.63) is 68.8 Å². The highest BCUT2D eigenvalue weighted by Crippen LogP contribution is 2.29. The third-order valence-electron chi connectivity index (χ3n) is 6.00. The third kappa shape index (κ3) is 3.64. The number of carbonyl (C=O) groups excluding carboxylic acids is 1. The minimum Gasteiger partial charge on any atom is -0.361 e. The number of thiophene rings is 1. The molecular formula is C24H24N4O3S. The van der Waals surface area contributed by atoms with Gasteiger partial charge >= 0.3 is 0 Å². The molecule has 1 aliphatic rings. The first-order valence-electron chi connectivity index (χ1n) is 10.8. The van der Waals surface area contributed by atoms with E-state index in [1.807, 2.05) is 43.3 Å². The van der Waals surface area contributed by atoms with Crippen molar-refractivity contribution in [3.63, 3.8) is 0 Å². The van der Waals surface area contributed by atoms with Crippen LogP contribution in [0.15, 0.2) is 45.7 Å². The summed E-state index contributed by atoms with van der Waals surface area (Å²) in [5.74, 6) is 1.56. The highest BCUT2D eigenvalue weighted by molar-refractivity contribution is 7.20. The Morgan fingerprint density at radius 3 is 2.91 bits per heavy atom. The van der Waals surface area contributed by atoms with Gasteiger partial charge in [-0.25, -0.2) is 4.98 Å². The van der Waals surface area contributed by atoms with Gasteiger partial charge < -0.3 is 9.42 Å². The van der Waals surface area contributed by atoms with Gasteiger partial charge in [0.15, 0.2) is 0 Å². The number of nitrogens with zero attached hydrogens (tertiary/aromatic N) is 4. The predicted molar refractivity (Wildman–Crippen MR) is 124 cm³/mol. The lowest BCUT2D eigenvalue weighted by atomic mass is 10.1. The van der Waals surface area contributed by atoms with E-state index in [1.54, 1.807) is 16.5 Å². The number of aryl methyl sites for hydroxylation is 3. The molecule has 0 bridgehead atoms. The van der Waals surface area contributed by atoms with Crippen LogP contribution in [0, 0.1) is 6.92 Å². The minimum absolute atomic E-state index is 0.0162. The summed E-state index contributed by atoms with van der Waals surface area (Å²) in [5.41, 5.74) is 2.56. The van der Waals surface area contributed by atoms with E-state index in [-0.39, 0.29) is 11.5 Å². The van der Waals surface area contributed by atoms with Gasteiger partial charge in [-0.2, -0.15) is 0 Å². The molecule has 5 rings (SSSR count). The van der Waals surface area contributed by atoms with Crippen molar-refractivity contribution in [1.82, 2.24) is 19.6 Å². The topological polar surface area (TPSA) is 81.2 Å². The number of fused-ring (bicyclic) bond motifs is 2. The highest BCUT2D eigenvalue weighted by atomic mass is 32.1. The van der Waals surface area contributed by atoms with E-state index >= 15 is 0 Å². The van der Waals surface area contributed by atoms with Gasteiger partial charge in [0.05, 0.1) is 10.3 Å². The zero-order valence-electron chi connectivity index (χ0n) is 18.1. The lowest BCUT2D eigenvalue weighted by Crippen LogP contribution is -2.28. The number of aromatic nitrogens is 3. The first kappa shape index (κ1) is 20.6. The molecule has 0 saturated carbocycles. The van der Waals surface area contributed by atoms with E-state index in [1.165, 1.54) is 11.3 Å². The van der Waals surface area contributed by atoms with Gasteiger partial charge in [-0.15, -0.1) is 11.3 Å². The van der Waals surface area contributed by atoms with E-state index in [0.717, 1.165) is 47.7 Å². The Hall–Kier alpha value is -3.26. The molecule has 0 radical (unpaired) electrons. The summed E-state index contributed by atoms with van der Waals surface area (Å²) in [7, 11) is 1.79. The summed E-state index contributed by atoms with van der Waals surface area (Å²) >= 11 is 1.33. The summed E-state index contributed by atoms with van der Waals surface area (Å²) in [6, 6.07) is 11.9. The lowest BCUT2D eigenvalue weighted by molar-refractivity contribution is 0.0797. The van der Waals surface area contributed by atoms with Gasteiger partial charge in [0.25, 0.3) is 11.5 Å². The fourth-order valence-corrected chi connectivity index (χ4v) is 5.41. The number of hydrogen-bond donors (Lipinski definition) is 0. The van der Waals surface area contributed by atoms with Crippen molar-refractivity contribution in [2.24, 2.45) is 0 Å². The van der Waals surface area contributed by atoms with Crippen LogP contribution in [0.4, 0.5) is 0 Å². The van der Waals surface area contributed by atoms with Gasteiger partial charge in [0.1, 0.15) is 22.1 Å². The van der Waals surface area contributed by atoms with Crippen molar-refractivity contribution in [2.75, 3.05) is 13.6 Å².